The van der Waals surface area contributed by atoms with Crippen molar-refractivity contribution in [3.05, 3.63) is 66.2 Å². The predicted octanol–water partition coefficient (Wildman–Crippen LogP) is 2.58. The Bertz CT molecular complexity index is 531. The number of aliphatic hydroxyl groups excluding tert-OH is 1. The zero-order valence-electron chi connectivity index (χ0n) is 11.1. The number of thiocarbonyl (C=S) groups is 1. The molecule has 2 rings (SSSR count). The first-order chi connectivity index (χ1) is 9.78. The van der Waals surface area contributed by atoms with Crippen molar-refractivity contribution < 1.29 is 5.11 Å². The topological polar surface area (TPSA) is 44.3 Å². The van der Waals surface area contributed by atoms with Crippen LogP contribution >= 0.6 is 12.2 Å². The van der Waals surface area contributed by atoms with Crippen LogP contribution in [0.3, 0.4) is 0 Å². The zero-order valence-corrected chi connectivity index (χ0v) is 11.9. The summed E-state index contributed by atoms with van der Waals surface area (Å²) in [6.45, 7) is 0.0332. The number of hydrogen-bond acceptors (Lipinski definition) is 2. The number of rotatable bonds is 5. The molecule has 3 N–H and O–H groups in total. The Morgan fingerprint density at radius 1 is 1.00 bits per heavy atom. The second kappa shape index (κ2) is 7.62. The number of aliphatic hydroxyl groups is 1. The molecule has 0 amide bonds. The van der Waals surface area contributed by atoms with Crippen molar-refractivity contribution in [3.8, 4) is 0 Å². The van der Waals surface area contributed by atoms with Crippen molar-refractivity contribution in [3.63, 3.8) is 0 Å². The Morgan fingerprint density at radius 3 is 2.20 bits per heavy atom. The third kappa shape index (κ3) is 4.64. The fourth-order valence-corrected chi connectivity index (χ4v) is 2.22. The van der Waals surface area contributed by atoms with Gasteiger partial charge < -0.3 is 15.7 Å². The summed E-state index contributed by atoms with van der Waals surface area (Å²) in [6, 6.07) is 19.7. The van der Waals surface area contributed by atoms with Gasteiger partial charge in [-0.05, 0) is 36.3 Å². The molecule has 3 nitrogen and oxygen atoms in total. The minimum absolute atomic E-state index is 0.0332. The van der Waals surface area contributed by atoms with Crippen molar-refractivity contribution in [1.29, 1.82) is 0 Å². The van der Waals surface area contributed by atoms with Gasteiger partial charge in [-0.15, -0.1) is 0 Å². The average molecular weight is 286 g/mol. The number of hydrogen-bond donors (Lipinski definition) is 3. The van der Waals surface area contributed by atoms with E-state index in [2.05, 4.69) is 10.6 Å². The van der Waals surface area contributed by atoms with Gasteiger partial charge in [-0.3, -0.25) is 0 Å². The number of anilines is 1. The molecule has 0 aliphatic carbocycles. The summed E-state index contributed by atoms with van der Waals surface area (Å²) in [5.41, 5.74) is 2.10. The Balaban J connectivity index is 1.88. The van der Waals surface area contributed by atoms with E-state index in [-0.39, 0.29) is 12.6 Å². The maximum absolute atomic E-state index is 9.45. The molecule has 0 saturated carbocycles. The molecule has 1 atom stereocenters. The maximum Gasteiger partial charge on any atom is 0.171 e. The van der Waals surface area contributed by atoms with Crippen LogP contribution in [-0.2, 0) is 6.42 Å². The Kier molecular flexibility index (Phi) is 5.53. The number of para-hydroxylation sites is 1. The van der Waals surface area contributed by atoms with Crippen LogP contribution < -0.4 is 10.6 Å². The van der Waals surface area contributed by atoms with Crippen LogP contribution in [0.25, 0.3) is 0 Å². The predicted molar refractivity (Wildman–Crippen MR) is 86.8 cm³/mol. The van der Waals surface area contributed by atoms with Gasteiger partial charge in [0.25, 0.3) is 0 Å². The van der Waals surface area contributed by atoms with Crippen LogP contribution in [-0.4, -0.2) is 22.9 Å². The molecule has 0 aromatic heterocycles. The van der Waals surface area contributed by atoms with Crippen LogP contribution in [0.15, 0.2) is 60.7 Å². The highest BCUT2D eigenvalue weighted by Gasteiger charge is 2.09. The molecule has 104 valence electrons. The van der Waals surface area contributed by atoms with E-state index >= 15 is 0 Å². The molecule has 1 unspecified atom stereocenters. The average Bonchev–Trinajstić information content (AvgIpc) is 2.48. The van der Waals surface area contributed by atoms with Crippen molar-refractivity contribution in [2.45, 2.75) is 12.5 Å². The van der Waals surface area contributed by atoms with Gasteiger partial charge in [-0.25, -0.2) is 0 Å². The lowest BCUT2D eigenvalue weighted by Gasteiger charge is -2.19. The first-order valence-corrected chi connectivity index (χ1v) is 6.96. The molecule has 0 heterocycles. The minimum atomic E-state index is -0.0962. The van der Waals surface area contributed by atoms with Gasteiger partial charge in [0.15, 0.2) is 5.11 Å². The molecule has 0 aliphatic heterocycles. The minimum Gasteiger partial charge on any atom is -0.394 e. The van der Waals surface area contributed by atoms with E-state index in [9.17, 15) is 5.11 Å². The first-order valence-electron chi connectivity index (χ1n) is 6.55. The second-order valence-electron chi connectivity index (χ2n) is 4.53. The molecule has 0 spiro atoms. The van der Waals surface area contributed by atoms with Crippen LogP contribution in [0, 0.1) is 0 Å². The molecule has 2 aromatic carbocycles. The number of benzene rings is 2. The van der Waals surface area contributed by atoms with Crippen LogP contribution in [0.1, 0.15) is 5.56 Å². The number of nitrogens with one attached hydrogen (secondary N) is 2. The highest BCUT2D eigenvalue weighted by molar-refractivity contribution is 7.80. The standard InChI is InChI=1S/C16H18N2OS/c19-12-15(11-13-7-3-1-4-8-13)18-16(20)17-14-9-5-2-6-10-14/h1-10,15,19H,11-12H2,(H2,17,18,20). The highest BCUT2D eigenvalue weighted by atomic mass is 32.1. The van der Waals surface area contributed by atoms with Crippen molar-refractivity contribution in [2.75, 3.05) is 11.9 Å². The maximum atomic E-state index is 9.45. The van der Waals surface area contributed by atoms with Gasteiger partial charge in [0.2, 0.25) is 0 Å². The lowest BCUT2D eigenvalue weighted by atomic mass is 10.1. The molecule has 0 radical (unpaired) electrons. The SMILES string of the molecule is OCC(Cc1ccccc1)NC(=S)Nc1ccccc1. The smallest absolute Gasteiger partial charge is 0.171 e. The molecule has 0 fully saturated rings. The van der Waals surface area contributed by atoms with E-state index in [4.69, 9.17) is 12.2 Å². The molecule has 4 heteroatoms. The van der Waals surface area contributed by atoms with E-state index < -0.39 is 0 Å². The highest BCUT2D eigenvalue weighted by Crippen LogP contribution is 2.06. The molecule has 0 saturated heterocycles. The third-order valence-electron chi connectivity index (χ3n) is 2.91. The van der Waals surface area contributed by atoms with Crippen molar-refractivity contribution in [2.24, 2.45) is 0 Å². The quantitative estimate of drug-likeness (QED) is 0.739. The van der Waals surface area contributed by atoms with Gasteiger partial charge in [0, 0.05) is 5.69 Å². The molecular weight excluding hydrogens is 268 g/mol. The lowest BCUT2D eigenvalue weighted by Crippen LogP contribution is -2.41. The Hall–Kier alpha value is -1.91. The zero-order chi connectivity index (χ0) is 14.2. The third-order valence-corrected chi connectivity index (χ3v) is 3.13. The summed E-state index contributed by atoms with van der Waals surface area (Å²) in [5, 5.41) is 16.2. The van der Waals surface area contributed by atoms with E-state index in [1.165, 1.54) is 5.56 Å². The summed E-state index contributed by atoms with van der Waals surface area (Å²) < 4.78 is 0. The van der Waals surface area contributed by atoms with Crippen molar-refractivity contribution in [1.82, 2.24) is 5.32 Å². The summed E-state index contributed by atoms with van der Waals surface area (Å²) in [7, 11) is 0. The van der Waals surface area contributed by atoms with Crippen LogP contribution in [0.4, 0.5) is 5.69 Å². The lowest BCUT2D eigenvalue weighted by molar-refractivity contribution is 0.255. The van der Waals surface area contributed by atoms with Crippen LogP contribution in [0.5, 0.6) is 0 Å². The summed E-state index contributed by atoms with van der Waals surface area (Å²) in [5.74, 6) is 0. The summed E-state index contributed by atoms with van der Waals surface area (Å²) >= 11 is 5.26. The van der Waals surface area contributed by atoms with Crippen LogP contribution in [0.2, 0.25) is 0 Å². The fourth-order valence-electron chi connectivity index (χ4n) is 1.93. The molecule has 20 heavy (non-hydrogen) atoms. The van der Waals surface area contributed by atoms with E-state index in [1.54, 1.807) is 0 Å². The van der Waals surface area contributed by atoms with Gasteiger partial charge in [0.05, 0.1) is 12.6 Å². The van der Waals surface area contributed by atoms with E-state index in [1.807, 2.05) is 60.7 Å². The summed E-state index contributed by atoms with van der Waals surface area (Å²) in [4.78, 5) is 0. The van der Waals surface area contributed by atoms with E-state index in [0.717, 1.165) is 12.1 Å². The Labute approximate surface area is 124 Å². The largest absolute Gasteiger partial charge is 0.394 e. The van der Waals surface area contributed by atoms with Gasteiger partial charge in [-0.1, -0.05) is 48.5 Å². The first kappa shape index (κ1) is 14.5. The van der Waals surface area contributed by atoms with Gasteiger partial charge >= 0.3 is 0 Å². The molecule has 2 aromatic rings. The van der Waals surface area contributed by atoms with Gasteiger partial charge in [-0.2, -0.15) is 0 Å². The monoisotopic (exact) mass is 286 g/mol. The molecule has 0 bridgehead atoms. The molecular formula is C16H18N2OS. The van der Waals surface area contributed by atoms with E-state index in [0.29, 0.717) is 5.11 Å². The normalized spacial score (nSPS) is 11.7. The second-order valence-corrected chi connectivity index (χ2v) is 4.94. The van der Waals surface area contributed by atoms with Gasteiger partial charge in [0.1, 0.15) is 0 Å². The summed E-state index contributed by atoms with van der Waals surface area (Å²) in [6.07, 6.45) is 0.730. The Morgan fingerprint density at radius 2 is 1.60 bits per heavy atom. The molecule has 0 aliphatic rings. The van der Waals surface area contributed by atoms with Crippen molar-refractivity contribution >= 4 is 23.0 Å². The fraction of sp³-hybridized carbons (Fsp3) is 0.188.